The second-order valence-electron chi connectivity index (χ2n) is 6.82. The number of rotatable bonds is 5. The van der Waals surface area contributed by atoms with Gasteiger partial charge in [-0.25, -0.2) is 4.79 Å². The Morgan fingerprint density at radius 3 is 2.42 bits per heavy atom. The van der Waals surface area contributed by atoms with Crippen LogP contribution in [0, 0.1) is 5.92 Å². The predicted molar refractivity (Wildman–Crippen MR) is 104 cm³/mol. The Labute approximate surface area is 155 Å². The van der Waals surface area contributed by atoms with Gasteiger partial charge in [-0.05, 0) is 30.4 Å². The topological polar surface area (TPSA) is 49.4 Å². The maximum absolute atomic E-state index is 12.9. The number of hydrogen-bond acceptors (Lipinski definition) is 2. The van der Waals surface area contributed by atoms with Crippen LogP contribution in [0.4, 0.5) is 4.79 Å². The van der Waals surface area contributed by atoms with Gasteiger partial charge >= 0.3 is 6.03 Å². The van der Waals surface area contributed by atoms with E-state index in [0.29, 0.717) is 13.1 Å². The highest BCUT2D eigenvalue weighted by Crippen LogP contribution is 2.24. The molecule has 136 valence electrons. The number of urea groups is 1. The molecule has 0 unspecified atom stereocenters. The summed E-state index contributed by atoms with van der Waals surface area (Å²) in [4.78, 5) is 26.8. The van der Waals surface area contributed by atoms with E-state index in [1.807, 2.05) is 49.4 Å². The van der Waals surface area contributed by atoms with Crippen LogP contribution in [0.1, 0.15) is 36.5 Å². The van der Waals surface area contributed by atoms with E-state index in [1.54, 1.807) is 4.90 Å². The van der Waals surface area contributed by atoms with E-state index < -0.39 is 0 Å². The highest BCUT2D eigenvalue weighted by Gasteiger charge is 2.28. The number of amides is 2. The lowest BCUT2D eigenvalue weighted by Gasteiger charge is -2.32. The van der Waals surface area contributed by atoms with Crippen LogP contribution in [0.5, 0.6) is 0 Å². The predicted octanol–water partition coefficient (Wildman–Crippen LogP) is 4.37. The number of benzene rings is 2. The molecule has 0 bridgehead atoms. The van der Waals surface area contributed by atoms with Crippen LogP contribution in [0.3, 0.4) is 0 Å². The van der Waals surface area contributed by atoms with Crippen molar-refractivity contribution in [1.82, 2.24) is 10.2 Å². The molecule has 0 aromatic heterocycles. The van der Waals surface area contributed by atoms with Crippen LogP contribution in [0.2, 0.25) is 0 Å². The number of ketones is 1. The van der Waals surface area contributed by atoms with E-state index in [9.17, 15) is 9.59 Å². The van der Waals surface area contributed by atoms with Crippen molar-refractivity contribution in [1.29, 1.82) is 0 Å². The summed E-state index contributed by atoms with van der Waals surface area (Å²) in [5.74, 6) is 0.0244. The minimum absolute atomic E-state index is 0.0521. The summed E-state index contributed by atoms with van der Waals surface area (Å²) in [6.45, 7) is 3.94. The number of carbonyl (C=O) groups excluding carboxylic acids is 2. The monoisotopic (exact) mass is 350 g/mol. The summed E-state index contributed by atoms with van der Waals surface area (Å²) >= 11 is 0. The number of Topliss-reactive ketones (excluding diaryl/α,β-unsaturated/α-hetero) is 1. The Balaban J connectivity index is 1.66. The van der Waals surface area contributed by atoms with Gasteiger partial charge in [0.2, 0.25) is 0 Å². The first-order chi connectivity index (χ1) is 12.7. The summed E-state index contributed by atoms with van der Waals surface area (Å²) in [5, 5.41) is 2.90. The Hall–Kier alpha value is -2.62. The Kier molecular flexibility index (Phi) is 6.05. The molecule has 2 amide bonds. The van der Waals surface area contributed by atoms with Crippen molar-refractivity contribution in [2.75, 3.05) is 19.6 Å². The van der Waals surface area contributed by atoms with Crippen molar-refractivity contribution < 1.29 is 9.59 Å². The third kappa shape index (κ3) is 4.31. The summed E-state index contributed by atoms with van der Waals surface area (Å²) in [6.07, 6.45) is 2.63. The van der Waals surface area contributed by atoms with E-state index in [-0.39, 0.29) is 17.7 Å². The molecule has 0 saturated carbocycles. The lowest BCUT2D eigenvalue weighted by Crippen LogP contribution is -2.47. The number of nitrogens with zero attached hydrogens (tertiary/aromatic N) is 1. The Bertz CT molecular complexity index is 740. The third-order valence-corrected chi connectivity index (χ3v) is 4.88. The fourth-order valence-corrected chi connectivity index (χ4v) is 3.41. The molecule has 3 rings (SSSR count). The van der Waals surface area contributed by atoms with Gasteiger partial charge in [-0.2, -0.15) is 0 Å². The molecule has 1 saturated heterocycles. The molecule has 4 nitrogen and oxygen atoms in total. The fraction of sp³-hybridized carbons (Fsp3) is 0.364. The summed E-state index contributed by atoms with van der Waals surface area (Å²) in [7, 11) is 0. The number of piperidine rings is 1. The highest BCUT2D eigenvalue weighted by molar-refractivity contribution is 5.98. The van der Waals surface area contributed by atoms with E-state index in [0.717, 1.165) is 42.5 Å². The van der Waals surface area contributed by atoms with E-state index >= 15 is 0 Å². The van der Waals surface area contributed by atoms with Crippen molar-refractivity contribution >= 4 is 11.8 Å². The maximum atomic E-state index is 12.9. The maximum Gasteiger partial charge on any atom is 0.317 e. The molecule has 2 aromatic carbocycles. The van der Waals surface area contributed by atoms with Crippen LogP contribution in [-0.4, -0.2) is 36.3 Å². The van der Waals surface area contributed by atoms with Crippen LogP contribution in [-0.2, 0) is 0 Å². The van der Waals surface area contributed by atoms with Gasteiger partial charge in [0.15, 0.2) is 5.78 Å². The first-order valence-electron chi connectivity index (χ1n) is 9.41. The van der Waals surface area contributed by atoms with Crippen molar-refractivity contribution in [2.24, 2.45) is 5.92 Å². The van der Waals surface area contributed by atoms with Gasteiger partial charge in [0, 0.05) is 31.1 Å². The van der Waals surface area contributed by atoms with Crippen molar-refractivity contribution in [3.63, 3.8) is 0 Å². The molecular weight excluding hydrogens is 324 g/mol. The highest BCUT2D eigenvalue weighted by atomic mass is 16.2. The lowest BCUT2D eigenvalue weighted by molar-refractivity contribution is 0.0846. The van der Waals surface area contributed by atoms with Gasteiger partial charge in [-0.3, -0.25) is 4.79 Å². The molecule has 1 atom stereocenters. The Morgan fingerprint density at radius 2 is 1.73 bits per heavy atom. The molecular formula is C22H26N2O2. The lowest BCUT2D eigenvalue weighted by atomic mass is 9.89. The summed E-state index contributed by atoms with van der Waals surface area (Å²) < 4.78 is 0. The van der Waals surface area contributed by atoms with Gasteiger partial charge in [0.1, 0.15) is 0 Å². The minimum Gasteiger partial charge on any atom is -0.338 e. The van der Waals surface area contributed by atoms with Crippen molar-refractivity contribution in [3.8, 4) is 11.1 Å². The van der Waals surface area contributed by atoms with E-state index in [2.05, 4.69) is 17.4 Å². The summed E-state index contributed by atoms with van der Waals surface area (Å²) in [5.41, 5.74) is 2.97. The zero-order chi connectivity index (χ0) is 18.4. The molecule has 1 aliphatic heterocycles. The van der Waals surface area contributed by atoms with Gasteiger partial charge in [0.25, 0.3) is 0 Å². The first kappa shape index (κ1) is 18.2. The smallest absolute Gasteiger partial charge is 0.317 e. The molecule has 1 aliphatic rings. The van der Waals surface area contributed by atoms with Crippen LogP contribution >= 0.6 is 0 Å². The SMILES string of the molecule is CCCNC(=O)N1CCC[C@H](C(=O)c2ccc(-c3ccccc3)cc2)C1. The second kappa shape index (κ2) is 8.65. The number of nitrogens with one attached hydrogen (secondary N) is 1. The molecule has 2 aromatic rings. The largest absolute Gasteiger partial charge is 0.338 e. The van der Waals surface area contributed by atoms with Gasteiger partial charge < -0.3 is 10.2 Å². The zero-order valence-electron chi connectivity index (χ0n) is 15.3. The van der Waals surface area contributed by atoms with Gasteiger partial charge in [-0.1, -0.05) is 61.5 Å². The molecule has 0 spiro atoms. The van der Waals surface area contributed by atoms with Crippen molar-refractivity contribution in [3.05, 3.63) is 60.2 Å². The van der Waals surface area contributed by atoms with Crippen LogP contribution in [0.15, 0.2) is 54.6 Å². The molecule has 0 radical (unpaired) electrons. The number of carbonyl (C=O) groups is 2. The molecule has 4 heteroatoms. The van der Waals surface area contributed by atoms with Crippen molar-refractivity contribution in [2.45, 2.75) is 26.2 Å². The zero-order valence-corrected chi connectivity index (χ0v) is 15.3. The number of hydrogen-bond donors (Lipinski definition) is 1. The van der Waals surface area contributed by atoms with Gasteiger partial charge in [-0.15, -0.1) is 0 Å². The second-order valence-corrected chi connectivity index (χ2v) is 6.82. The van der Waals surface area contributed by atoms with E-state index in [4.69, 9.17) is 0 Å². The minimum atomic E-state index is -0.112. The quantitative estimate of drug-likeness (QED) is 0.814. The standard InChI is InChI=1S/C22H26N2O2/c1-2-14-23-22(26)24-15-6-9-20(16-24)21(25)19-12-10-18(11-13-19)17-7-4-3-5-8-17/h3-5,7-8,10-13,20H,2,6,9,14-16H2,1H3,(H,23,26)/t20-/m0/s1. The molecule has 1 fully saturated rings. The molecule has 1 N–H and O–H groups in total. The third-order valence-electron chi connectivity index (χ3n) is 4.88. The average Bonchev–Trinajstić information content (AvgIpc) is 2.72. The molecule has 26 heavy (non-hydrogen) atoms. The van der Waals surface area contributed by atoms with Gasteiger partial charge in [0.05, 0.1) is 0 Å². The van der Waals surface area contributed by atoms with Crippen LogP contribution in [0.25, 0.3) is 11.1 Å². The first-order valence-corrected chi connectivity index (χ1v) is 9.41. The average molecular weight is 350 g/mol. The Morgan fingerprint density at radius 1 is 1.04 bits per heavy atom. The normalized spacial score (nSPS) is 17.0. The summed E-state index contributed by atoms with van der Waals surface area (Å²) in [6, 6.07) is 17.9. The van der Waals surface area contributed by atoms with E-state index in [1.165, 1.54) is 0 Å². The number of likely N-dealkylation sites (tertiary alicyclic amines) is 1. The fourth-order valence-electron chi connectivity index (χ4n) is 3.41. The van der Waals surface area contributed by atoms with Crippen LogP contribution < -0.4 is 5.32 Å². The molecule has 0 aliphatic carbocycles. The molecule has 1 heterocycles.